The van der Waals surface area contributed by atoms with E-state index in [9.17, 15) is 9.90 Å². The Labute approximate surface area is 106 Å². The van der Waals surface area contributed by atoms with E-state index in [4.69, 9.17) is 9.84 Å². The minimum atomic E-state index is -1.41. The van der Waals surface area contributed by atoms with Crippen LogP contribution in [-0.4, -0.2) is 33.4 Å². The van der Waals surface area contributed by atoms with Gasteiger partial charge in [-0.1, -0.05) is 0 Å². The molecule has 0 radical (unpaired) electrons. The smallest absolute Gasteiger partial charge is 0.340 e. The largest absolute Gasteiger partial charge is 0.456 e. The molecule has 0 aromatic carbocycles. The molecule has 1 aromatic heterocycles. The second kappa shape index (κ2) is 5.04. The fourth-order valence-electron chi connectivity index (χ4n) is 1.25. The van der Waals surface area contributed by atoms with Gasteiger partial charge >= 0.3 is 5.97 Å². The van der Waals surface area contributed by atoms with Crippen molar-refractivity contribution in [3.05, 3.63) is 29.6 Å². The first kappa shape index (κ1) is 14.6. The third-order valence-electron chi connectivity index (χ3n) is 2.26. The summed E-state index contributed by atoms with van der Waals surface area (Å²) in [5.41, 5.74) is -1.36. The van der Waals surface area contributed by atoms with Gasteiger partial charge in [-0.25, -0.2) is 4.79 Å². The van der Waals surface area contributed by atoms with E-state index in [1.54, 1.807) is 20.8 Å². The highest BCUT2D eigenvalue weighted by Crippen LogP contribution is 2.18. The molecule has 0 aliphatic rings. The van der Waals surface area contributed by atoms with E-state index in [-0.39, 0.29) is 0 Å². The maximum absolute atomic E-state index is 11.7. The molecular weight excluding hydrogens is 234 g/mol. The summed E-state index contributed by atoms with van der Waals surface area (Å²) in [5.74, 6) is -0.467. The molecule has 0 aliphatic heterocycles. The predicted octanol–water partition coefficient (Wildman–Crippen LogP) is 1.24. The number of rotatable bonds is 3. The summed E-state index contributed by atoms with van der Waals surface area (Å²) in [6, 6.07) is 3.01. The molecular formula is C13H19NO4. The van der Waals surface area contributed by atoms with Gasteiger partial charge in [0.15, 0.2) is 0 Å². The van der Waals surface area contributed by atoms with Crippen LogP contribution in [0.3, 0.4) is 0 Å². The fraction of sp³-hybridized carbons (Fsp3) is 0.538. The van der Waals surface area contributed by atoms with Crippen molar-refractivity contribution < 1.29 is 19.7 Å². The average molecular weight is 253 g/mol. The van der Waals surface area contributed by atoms with Crippen molar-refractivity contribution in [1.29, 1.82) is 0 Å². The van der Waals surface area contributed by atoms with Gasteiger partial charge < -0.3 is 14.9 Å². The summed E-state index contributed by atoms with van der Waals surface area (Å²) in [6.07, 6.45) is 1.33. The fourth-order valence-corrected chi connectivity index (χ4v) is 1.25. The standard InChI is InChI=1S/C13H19NO4/c1-12(2,3)18-11(16)9-5-6-10(14-7-9)13(4,17)8-15/h5-7,15,17H,8H2,1-4H3/t13-/m1/s1. The van der Waals surface area contributed by atoms with Crippen molar-refractivity contribution in [2.24, 2.45) is 0 Å². The van der Waals surface area contributed by atoms with Crippen molar-refractivity contribution in [3.8, 4) is 0 Å². The number of nitrogens with zero attached hydrogens (tertiary/aromatic N) is 1. The normalized spacial score (nSPS) is 15.0. The van der Waals surface area contributed by atoms with Crippen LogP contribution in [0.1, 0.15) is 43.7 Å². The Hall–Kier alpha value is -1.46. The van der Waals surface area contributed by atoms with Crippen molar-refractivity contribution in [1.82, 2.24) is 4.98 Å². The van der Waals surface area contributed by atoms with E-state index in [1.165, 1.54) is 25.3 Å². The third kappa shape index (κ3) is 3.78. The van der Waals surface area contributed by atoms with Gasteiger partial charge in [-0.05, 0) is 39.8 Å². The number of aliphatic hydroxyl groups is 2. The zero-order chi connectivity index (χ0) is 14.0. The molecule has 5 nitrogen and oxygen atoms in total. The number of pyridine rings is 1. The lowest BCUT2D eigenvalue weighted by atomic mass is 10.0. The van der Waals surface area contributed by atoms with Gasteiger partial charge in [-0.15, -0.1) is 0 Å². The number of esters is 1. The molecule has 0 amide bonds. The second-order valence-electron chi connectivity index (χ2n) is 5.37. The van der Waals surface area contributed by atoms with Crippen LogP contribution >= 0.6 is 0 Å². The molecule has 0 unspecified atom stereocenters. The highest BCUT2D eigenvalue weighted by Gasteiger charge is 2.24. The molecule has 2 N–H and O–H groups in total. The molecule has 1 rings (SSSR count). The minimum absolute atomic E-state index is 0.303. The first-order valence-corrected chi connectivity index (χ1v) is 5.69. The number of hydrogen-bond acceptors (Lipinski definition) is 5. The van der Waals surface area contributed by atoms with Crippen LogP contribution in [0, 0.1) is 0 Å². The Morgan fingerprint density at radius 2 is 1.94 bits per heavy atom. The molecule has 5 heteroatoms. The van der Waals surface area contributed by atoms with Crippen molar-refractivity contribution in [3.63, 3.8) is 0 Å². The Balaban J connectivity index is 2.87. The Morgan fingerprint density at radius 1 is 1.33 bits per heavy atom. The number of carbonyl (C=O) groups is 1. The van der Waals surface area contributed by atoms with E-state index in [1.807, 2.05) is 0 Å². The lowest BCUT2D eigenvalue weighted by Crippen LogP contribution is -2.27. The maximum atomic E-state index is 11.7. The van der Waals surface area contributed by atoms with Crippen molar-refractivity contribution in [2.75, 3.05) is 6.61 Å². The summed E-state index contributed by atoms with van der Waals surface area (Å²) >= 11 is 0. The molecule has 0 saturated carbocycles. The first-order chi connectivity index (χ1) is 8.15. The molecule has 100 valence electrons. The third-order valence-corrected chi connectivity index (χ3v) is 2.26. The highest BCUT2D eigenvalue weighted by atomic mass is 16.6. The van der Waals surface area contributed by atoms with Crippen LogP contribution in [0.25, 0.3) is 0 Å². The van der Waals surface area contributed by atoms with E-state index in [2.05, 4.69) is 4.98 Å². The van der Waals surface area contributed by atoms with E-state index in [0.29, 0.717) is 11.3 Å². The van der Waals surface area contributed by atoms with Crippen LogP contribution in [0.4, 0.5) is 0 Å². The quantitative estimate of drug-likeness (QED) is 0.792. The summed E-state index contributed by atoms with van der Waals surface area (Å²) in [5, 5.41) is 18.8. The van der Waals surface area contributed by atoms with Crippen molar-refractivity contribution >= 4 is 5.97 Å². The zero-order valence-corrected chi connectivity index (χ0v) is 11.1. The van der Waals surface area contributed by atoms with Gasteiger partial charge in [-0.3, -0.25) is 4.98 Å². The number of hydrogen-bond donors (Lipinski definition) is 2. The average Bonchev–Trinajstić information content (AvgIpc) is 2.27. The monoisotopic (exact) mass is 253 g/mol. The summed E-state index contributed by atoms with van der Waals surface area (Å²) in [7, 11) is 0. The number of ether oxygens (including phenoxy) is 1. The number of carbonyl (C=O) groups excluding carboxylic acids is 1. The highest BCUT2D eigenvalue weighted by molar-refractivity contribution is 5.89. The van der Waals surface area contributed by atoms with Gasteiger partial charge in [0.05, 0.1) is 17.9 Å². The Bertz CT molecular complexity index is 418. The van der Waals surface area contributed by atoms with Crippen LogP contribution in [0.5, 0.6) is 0 Å². The first-order valence-electron chi connectivity index (χ1n) is 5.69. The lowest BCUT2D eigenvalue weighted by Gasteiger charge is -2.21. The molecule has 0 bridgehead atoms. The van der Waals surface area contributed by atoms with Crippen LogP contribution in [-0.2, 0) is 10.3 Å². The van der Waals surface area contributed by atoms with Gasteiger partial charge in [-0.2, -0.15) is 0 Å². The summed E-state index contributed by atoms with van der Waals surface area (Å²) in [6.45, 7) is 6.35. The molecule has 0 saturated heterocycles. The Kier molecular flexibility index (Phi) is 4.09. The topological polar surface area (TPSA) is 79.7 Å². The molecule has 0 spiro atoms. The lowest BCUT2D eigenvalue weighted by molar-refractivity contribution is -0.00614. The number of aromatic nitrogens is 1. The molecule has 18 heavy (non-hydrogen) atoms. The van der Waals surface area contributed by atoms with Crippen LogP contribution in [0.2, 0.25) is 0 Å². The Morgan fingerprint density at radius 3 is 2.33 bits per heavy atom. The number of aliphatic hydroxyl groups excluding tert-OH is 1. The van der Waals surface area contributed by atoms with Crippen LogP contribution in [0.15, 0.2) is 18.3 Å². The van der Waals surface area contributed by atoms with E-state index < -0.39 is 23.8 Å². The van der Waals surface area contributed by atoms with Crippen LogP contribution < -0.4 is 0 Å². The molecule has 0 fully saturated rings. The van der Waals surface area contributed by atoms with E-state index >= 15 is 0 Å². The molecule has 1 aromatic rings. The summed E-state index contributed by atoms with van der Waals surface area (Å²) in [4.78, 5) is 15.7. The second-order valence-corrected chi connectivity index (χ2v) is 5.37. The molecule has 1 heterocycles. The SMILES string of the molecule is CC(C)(C)OC(=O)c1ccc([C@](C)(O)CO)nc1. The van der Waals surface area contributed by atoms with Crippen molar-refractivity contribution in [2.45, 2.75) is 38.9 Å². The summed E-state index contributed by atoms with van der Waals surface area (Å²) < 4.78 is 5.18. The van der Waals surface area contributed by atoms with Gasteiger partial charge in [0.25, 0.3) is 0 Å². The predicted molar refractivity (Wildman–Crippen MR) is 66.1 cm³/mol. The van der Waals surface area contributed by atoms with Gasteiger partial charge in [0, 0.05) is 6.20 Å². The minimum Gasteiger partial charge on any atom is -0.456 e. The molecule has 0 aliphatic carbocycles. The van der Waals surface area contributed by atoms with Gasteiger partial charge in [0.2, 0.25) is 0 Å². The van der Waals surface area contributed by atoms with Gasteiger partial charge in [0.1, 0.15) is 11.2 Å². The van der Waals surface area contributed by atoms with E-state index in [0.717, 1.165) is 0 Å². The molecule has 1 atom stereocenters. The zero-order valence-electron chi connectivity index (χ0n) is 11.1. The maximum Gasteiger partial charge on any atom is 0.340 e.